The molecule has 1 fully saturated rings. The van der Waals surface area contributed by atoms with Gasteiger partial charge in [0.05, 0.1) is 6.54 Å². The molecule has 1 saturated heterocycles. The van der Waals surface area contributed by atoms with Crippen LogP contribution in [0.2, 0.25) is 0 Å². The first-order chi connectivity index (χ1) is 11.4. The summed E-state index contributed by atoms with van der Waals surface area (Å²) in [5.74, 6) is 0.654. The van der Waals surface area contributed by atoms with Gasteiger partial charge in [0.15, 0.2) is 0 Å². The van der Waals surface area contributed by atoms with E-state index in [-0.39, 0.29) is 17.8 Å². The van der Waals surface area contributed by atoms with Gasteiger partial charge in [-0.25, -0.2) is 9.37 Å². The molecule has 1 atom stereocenters. The van der Waals surface area contributed by atoms with Crippen molar-refractivity contribution in [3.63, 3.8) is 0 Å². The number of hydrogen-bond donors (Lipinski definition) is 0. The van der Waals surface area contributed by atoms with Crippen LogP contribution in [0.4, 0.5) is 4.39 Å². The number of rotatable bonds is 3. The first-order valence-corrected chi connectivity index (χ1v) is 7.97. The van der Waals surface area contributed by atoms with Crippen LogP contribution in [0.5, 0.6) is 5.88 Å². The van der Waals surface area contributed by atoms with E-state index in [1.165, 1.54) is 6.07 Å². The molecule has 5 nitrogen and oxygen atoms in total. The second-order valence-electron chi connectivity index (χ2n) is 6.14. The summed E-state index contributed by atoms with van der Waals surface area (Å²) in [6.07, 6.45) is 0.611. The molecule has 2 aromatic rings. The predicted molar refractivity (Wildman–Crippen MR) is 87.6 cm³/mol. The molecule has 0 aliphatic carbocycles. The lowest BCUT2D eigenvalue weighted by molar-refractivity contribution is 0.0770. The fourth-order valence-electron chi connectivity index (χ4n) is 2.83. The summed E-state index contributed by atoms with van der Waals surface area (Å²) in [5, 5.41) is 0. The molecule has 2 heterocycles. The molecule has 3 rings (SSSR count). The number of carbonyl (C=O) groups excluding carboxylic acids is 1. The molecule has 1 unspecified atom stereocenters. The van der Waals surface area contributed by atoms with Crippen LogP contribution in [-0.4, -0.2) is 40.0 Å². The summed E-state index contributed by atoms with van der Waals surface area (Å²) in [7, 11) is 0. The Morgan fingerprint density at radius 2 is 2.04 bits per heavy atom. The summed E-state index contributed by atoms with van der Waals surface area (Å²) in [6.45, 7) is 6.43. The van der Waals surface area contributed by atoms with Gasteiger partial charge in [0, 0.05) is 30.3 Å². The summed E-state index contributed by atoms with van der Waals surface area (Å²) in [6, 6.07) is 6.36. The van der Waals surface area contributed by atoms with Crippen molar-refractivity contribution in [2.45, 2.75) is 33.3 Å². The van der Waals surface area contributed by atoms with E-state index in [2.05, 4.69) is 9.97 Å². The average Bonchev–Trinajstić information content (AvgIpc) is 2.96. The van der Waals surface area contributed by atoms with Crippen molar-refractivity contribution in [2.24, 2.45) is 0 Å². The Kier molecular flexibility index (Phi) is 4.46. The van der Waals surface area contributed by atoms with Gasteiger partial charge < -0.3 is 9.64 Å². The standard InChI is InChI=1S/C18H20FN3O2/c1-11-4-5-14(9-16(11)19)18(23)22-7-6-15(10-22)24-17-8-12(2)20-13(3)21-17/h4-5,8-9,15H,6-7,10H2,1-3H3. The van der Waals surface area contributed by atoms with Crippen molar-refractivity contribution in [3.05, 3.63) is 52.7 Å². The summed E-state index contributed by atoms with van der Waals surface area (Å²) >= 11 is 0. The maximum Gasteiger partial charge on any atom is 0.254 e. The fraction of sp³-hybridized carbons (Fsp3) is 0.389. The number of carbonyl (C=O) groups is 1. The SMILES string of the molecule is Cc1cc(OC2CCN(C(=O)c3ccc(C)c(F)c3)C2)nc(C)n1. The van der Waals surface area contributed by atoms with Crippen LogP contribution in [0.25, 0.3) is 0 Å². The fourth-order valence-corrected chi connectivity index (χ4v) is 2.83. The van der Waals surface area contributed by atoms with Crippen molar-refractivity contribution >= 4 is 5.91 Å². The van der Waals surface area contributed by atoms with Crippen LogP contribution in [0.3, 0.4) is 0 Å². The number of hydrogen-bond acceptors (Lipinski definition) is 4. The molecule has 0 saturated carbocycles. The summed E-state index contributed by atoms with van der Waals surface area (Å²) in [5.41, 5.74) is 1.75. The molecule has 6 heteroatoms. The number of likely N-dealkylation sites (tertiary alicyclic amines) is 1. The minimum atomic E-state index is -0.361. The Labute approximate surface area is 140 Å². The second-order valence-corrected chi connectivity index (χ2v) is 6.14. The molecule has 0 spiro atoms. The van der Waals surface area contributed by atoms with Gasteiger partial charge in [-0.05, 0) is 38.5 Å². The second kappa shape index (κ2) is 6.55. The van der Waals surface area contributed by atoms with Gasteiger partial charge in [0.25, 0.3) is 5.91 Å². The Bertz CT molecular complexity index is 759. The van der Waals surface area contributed by atoms with E-state index in [1.54, 1.807) is 30.0 Å². The molecular weight excluding hydrogens is 309 g/mol. The van der Waals surface area contributed by atoms with Crippen LogP contribution < -0.4 is 4.74 Å². The Morgan fingerprint density at radius 3 is 2.75 bits per heavy atom. The van der Waals surface area contributed by atoms with Crippen molar-refractivity contribution in [1.82, 2.24) is 14.9 Å². The largest absolute Gasteiger partial charge is 0.472 e. The predicted octanol–water partition coefficient (Wildman–Crippen LogP) is 2.83. The Morgan fingerprint density at radius 1 is 1.25 bits per heavy atom. The molecule has 0 N–H and O–H groups in total. The molecule has 24 heavy (non-hydrogen) atoms. The van der Waals surface area contributed by atoms with Crippen LogP contribution in [0.1, 0.15) is 33.9 Å². The van der Waals surface area contributed by atoms with Gasteiger partial charge in [-0.15, -0.1) is 0 Å². The molecule has 1 amide bonds. The molecular formula is C18H20FN3O2. The smallest absolute Gasteiger partial charge is 0.254 e. The summed E-state index contributed by atoms with van der Waals surface area (Å²) in [4.78, 5) is 22.7. The van der Waals surface area contributed by atoms with Crippen molar-refractivity contribution in [2.75, 3.05) is 13.1 Å². The zero-order valence-corrected chi connectivity index (χ0v) is 14.0. The molecule has 126 valence electrons. The first kappa shape index (κ1) is 16.4. The lowest BCUT2D eigenvalue weighted by Crippen LogP contribution is -2.31. The highest BCUT2D eigenvalue weighted by molar-refractivity contribution is 5.94. The number of halogens is 1. The average molecular weight is 329 g/mol. The van der Waals surface area contributed by atoms with Gasteiger partial charge in [-0.3, -0.25) is 4.79 Å². The van der Waals surface area contributed by atoms with Gasteiger partial charge in [0.1, 0.15) is 17.7 Å². The number of ether oxygens (including phenoxy) is 1. The third-order valence-electron chi connectivity index (χ3n) is 4.08. The third-order valence-corrected chi connectivity index (χ3v) is 4.08. The third kappa shape index (κ3) is 3.53. The normalized spacial score (nSPS) is 17.2. The number of benzene rings is 1. The van der Waals surface area contributed by atoms with E-state index in [0.717, 1.165) is 12.1 Å². The van der Waals surface area contributed by atoms with Crippen molar-refractivity contribution < 1.29 is 13.9 Å². The van der Waals surface area contributed by atoms with E-state index in [4.69, 9.17) is 4.74 Å². The maximum atomic E-state index is 13.7. The van der Waals surface area contributed by atoms with Crippen LogP contribution in [-0.2, 0) is 0 Å². The molecule has 1 aliphatic rings. The molecule has 1 aromatic carbocycles. The topological polar surface area (TPSA) is 55.3 Å². The number of aryl methyl sites for hydroxylation is 3. The van der Waals surface area contributed by atoms with E-state index in [9.17, 15) is 9.18 Å². The van der Waals surface area contributed by atoms with E-state index in [1.807, 2.05) is 13.8 Å². The Balaban J connectivity index is 1.66. The lowest BCUT2D eigenvalue weighted by atomic mass is 10.1. The number of nitrogens with zero attached hydrogens (tertiary/aromatic N) is 3. The van der Waals surface area contributed by atoms with E-state index in [0.29, 0.717) is 35.9 Å². The highest BCUT2D eigenvalue weighted by atomic mass is 19.1. The van der Waals surface area contributed by atoms with Gasteiger partial charge in [-0.2, -0.15) is 4.98 Å². The highest BCUT2D eigenvalue weighted by Gasteiger charge is 2.29. The highest BCUT2D eigenvalue weighted by Crippen LogP contribution is 2.20. The first-order valence-electron chi connectivity index (χ1n) is 7.97. The number of aromatic nitrogens is 2. The van der Waals surface area contributed by atoms with Crippen molar-refractivity contribution in [3.8, 4) is 5.88 Å². The zero-order valence-electron chi connectivity index (χ0n) is 14.0. The maximum absolute atomic E-state index is 13.7. The summed E-state index contributed by atoms with van der Waals surface area (Å²) < 4.78 is 19.5. The molecule has 0 radical (unpaired) electrons. The molecule has 0 bridgehead atoms. The molecule has 1 aromatic heterocycles. The number of amides is 1. The zero-order chi connectivity index (χ0) is 17.3. The van der Waals surface area contributed by atoms with Gasteiger partial charge >= 0.3 is 0 Å². The van der Waals surface area contributed by atoms with Crippen LogP contribution in [0, 0.1) is 26.6 Å². The monoisotopic (exact) mass is 329 g/mol. The van der Waals surface area contributed by atoms with Crippen LogP contribution >= 0.6 is 0 Å². The van der Waals surface area contributed by atoms with Gasteiger partial charge in [-0.1, -0.05) is 6.07 Å². The Hall–Kier alpha value is -2.50. The minimum Gasteiger partial charge on any atom is -0.472 e. The quantitative estimate of drug-likeness (QED) is 0.869. The van der Waals surface area contributed by atoms with E-state index < -0.39 is 0 Å². The minimum absolute atomic E-state index is 0.113. The lowest BCUT2D eigenvalue weighted by Gasteiger charge is -2.17. The van der Waals surface area contributed by atoms with Crippen molar-refractivity contribution in [1.29, 1.82) is 0 Å². The van der Waals surface area contributed by atoms with Gasteiger partial charge in [0.2, 0.25) is 5.88 Å². The molecule has 1 aliphatic heterocycles. The van der Waals surface area contributed by atoms with E-state index >= 15 is 0 Å². The van der Waals surface area contributed by atoms with Crippen LogP contribution in [0.15, 0.2) is 24.3 Å².